The van der Waals surface area contributed by atoms with Crippen LogP contribution in [0.1, 0.15) is 6.92 Å². The number of aromatic nitrogens is 1. The molecule has 2 rings (SSSR count). The molecule has 0 aliphatic rings. The molecule has 0 radical (unpaired) electrons. The van der Waals surface area contributed by atoms with Gasteiger partial charge in [0.05, 0.1) is 5.52 Å². The van der Waals surface area contributed by atoms with Gasteiger partial charge >= 0.3 is 33.3 Å². The van der Waals surface area contributed by atoms with Crippen molar-refractivity contribution in [2.75, 3.05) is 6.54 Å². The number of nitrogens with zero attached hydrogens (tertiary/aromatic N) is 2. The van der Waals surface area contributed by atoms with E-state index in [1.165, 1.54) is 0 Å². The molecule has 0 bridgehead atoms. The van der Waals surface area contributed by atoms with E-state index in [0.29, 0.717) is 17.3 Å². The molecule has 0 saturated carbocycles. The number of azo groups is 1. The molecule has 9 heteroatoms. The molecule has 113 valence electrons. The van der Waals surface area contributed by atoms with Crippen molar-refractivity contribution in [1.29, 1.82) is 0 Å². The number of H-pyrrole nitrogens is 1. The molecule has 0 saturated heterocycles. The summed E-state index contributed by atoms with van der Waals surface area (Å²) in [6.45, 7) is 2.61. The number of halogens is 2. The van der Waals surface area contributed by atoms with Crippen LogP contribution in [0.5, 0.6) is 5.88 Å². The van der Waals surface area contributed by atoms with Crippen LogP contribution in [-0.4, -0.2) is 21.7 Å². The van der Waals surface area contributed by atoms with Crippen molar-refractivity contribution < 1.29 is 18.2 Å². The number of thiocarbonyl (C=S) groups is 1. The summed E-state index contributed by atoms with van der Waals surface area (Å²) in [5, 5.41) is 21.5. The van der Waals surface area contributed by atoms with Gasteiger partial charge in [-0.2, -0.15) is 0 Å². The van der Waals surface area contributed by atoms with Gasteiger partial charge in [0.1, 0.15) is 0 Å². The minimum atomic E-state index is -0.00533. The number of benzene rings is 1. The van der Waals surface area contributed by atoms with Gasteiger partial charge in [0, 0.05) is 11.9 Å². The second kappa shape index (κ2) is 9.15. The molecule has 0 aliphatic heterocycles. The van der Waals surface area contributed by atoms with Crippen LogP contribution >= 0.6 is 32.4 Å². The van der Waals surface area contributed by atoms with Gasteiger partial charge < -0.3 is 15.4 Å². The third-order valence-corrected chi connectivity index (χ3v) is 2.45. The summed E-state index contributed by atoms with van der Waals surface area (Å²) in [6, 6.07) is 7.46. The average molecular weight is 383 g/mol. The third-order valence-electron chi connectivity index (χ3n) is 2.23. The summed E-state index contributed by atoms with van der Waals surface area (Å²) >= 11 is 5.69. The second-order valence-corrected chi connectivity index (χ2v) is 5.39. The molecule has 3 N–H and O–H groups in total. The molecule has 1 aromatic heterocycles. The standard InChI is InChI=1S/C11H12N4OS.2ClH.Cu/c1-2-12-11(17)15-14-9-7-5-3-4-6-8(7)13-10(9)16;;;/h3-6,13,16H,2H2,1H3,(H,12,17);2*1H;/q;;;+2/p-2. The van der Waals surface area contributed by atoms with Gasteiger partial charge in [0.25, 0.3) is 0 Å². The van der Waals surface area contributed by atoms with Gasteiger partial charge in [0.2, 0.25) is 11.0 Å². The van der Waals surface area contributed by atoms with E-state index >= 15 is 0 Å². The molecule has 2 aromatic rings. The summed E-state index contributed by atoms with van der Waals surface area (Å²) in [5.41, 5.74) is 1.22. The Morgan fingerprint density at radius 3 is 2.75 bits per heavy atom. The molecule has 1 aromatic carbocycles. The van der Waals surface area contributed by atoms with Crippen LogP contribution in [0.15, 0.2) is 34.5 Å². The van der Waals surface area contributed by atoms with E-state index in [9.17, 15) is 5.11 Å². The Labute approximate surface area is 136 Å². The van der Waals surface area contributed by atoms with E-state index in [0.717, 1.165) is 24.0 Å². The van der Waals surface area contributed by atoms with Crippen molar-refractivity contribution in [2.45, 2.75) is 6.92 Å². The van der Waals surface area contributed by atoms with Gasteiger partial charge in [-0.25, -0.2) is 0 Å². The average Bonchev–Trinajstić information content (AvgIpc) is 2.73. The first kappa shape index (κ1) is 17.2. The van der Waals surface area contributed by atoms with Crippen LogP contribution in [0.4, 0.5) is 5.69 Å². The van der Waals surface area contributed by atoms with Crippen molar-refractivity contribution in [3.05, 3.63) is 24.3 Å². The Morgan fingerprint density at radius 1 is 1.45 bits per heavy atom. The van der Waals surface area contributed by atoms with Crippen molar-refractivity contribution in [3.8, 4) is 5.88 Å². The molecule has 0 unspecified atom stereocenters. The molecule has 20 heavy (non-hydrogen) atoms. The Hall–Kier alpha value is -0.851. The van der Waals surface area contributed by atoms with Crippen molar-refractivity contribution >= 4 is 54.1 Å². The molecule has 5 nitrogen and oxygen atoms in total. The number of fused-ring (bicyclic) bond motifs is 1. The first-order valence-corrected chi connectivity index (χ1v) is 8.44. The first-order chi connectivity index (χ1) is 9.63. The van der Waals surface area contributed by atoms with Crippen LogP contribution in [0, 0.1) is 0 Å². The van der Waals surface area contributed by atoms with Gasteiger partial charge in [-0.1, -0.05) is 18.2 Å². The molecule has 0 fully saturated rings. The Morgan fingerprint density at radius 2 is 2.10 bits per heavy atom. The fourth-order valence-electron chi connectivity index (χ4n) is 1.50. The van der Waals surface area contributed by atoms with Crippen LogP contribution in [-0.2, 0) is 13.1 Å². The van der Waals surface area contributed by atoms with Crippen molar-refractivity contribution in [3.63, 3.8) is 0 Å². The van der Waals surface area contributed by atoms with Gasteiger partial charge in [-0.05, 0) is 25.2 Å². The molecule has 1 heterocycles. The van der Waals surface area contributed by atoms with Gasteiger partial charge in [-0.3, -0.25) is 0 Å². The Bertz CT molecular complexity index is 605. The van der Waals surface area contributed by atoms with E-state index in [1.807, 2.05) is 31.2 Å². The number of hydrogen-bond donors (Lipinski definition) is 3. The second-order valence-electron chi connectivity index (χ2n) is 3.45. The van der Waals surface area contributed by atoms with E-state index < -0.39 is 0 Å². The normalized spacial score (nSPS) is 10.6. The zero-order chi connectivity index (χ0) is 15.0. The van der Waals surface area contributed by atoms with E-state index in [4.69, 9.17) is 12.2 Å². The summed E-state index contributed by atoms with van der Waals surface area (Å²) in [4.78, 5) is 2.82. The maximum atomic E-state index is 9.70. The van der Waals surface area contributed by atoms with Crippen LogP contribution < -0.4 is 5.32 Å². The fourth-order valence-corrected chi connectivity index (χ4v) is 1.68. The third kappa shape index (κ3) is 4.92. The monoisotopic (exact) mass is 381 g/mol. The Kier molecular flexibility index (Phi) is 7.87. The van der Waals surface area contributed by atoms with Crippen molar-refractivity contribution in [2.24, 2.45) is 10.2 Å². The maximum absolute atomic E-state index is 9.70. The van der Waals surface area contributed by atoms with Crippen LogP contribution in [0.2, 0.25) is 0 Å². The molecule has 0 amide bonds. The quantitative estimate of drug-likeness (QED) is 0.413. The predicted octanol–water partition coefficient (Wildman–Crippen LogP) is 4.23. The van der Waals surface area contributed by atoms with Gasteiger partial charge in [0.15, 0.2) is 5.69 Å². The van der Waals surface area contributed by atoms with Gasteiger partial charge in [-0.15, -0.1) is 10.2 Å². The van der Waals surface area contributed by atoms with Crippen molar-refractivity contribution in [1.82, 2.24) is 10.3 Å². The number of hydrogen-bond acceptors (Lipinski definition) is 3. The molecule has 0 spiro atoms. The zero-order valence-corrected chi connectivity index (χ0v) is 13.6. The minimum absolute atomic E-state index is 0.00533. The summed E-state index contributed by atoms with van der Waals surface area (Å²) in [6.07, 6.45) is 0. The number of para-hydroxylation sites is 1. The number of nitrogens with one attached hydrogen (secondary N) is 2. The fraction of sp³-hybridized carbons (Fsp3) is 0.182. The summed E-state index contributed by atoms with van der Waals surface area (Å²) < 4.78 is 0. The summed E-state index contributed by atoms with van der Waals surface area (Å²) in [7, 11) is 9.34. The molecule has 0 atom stereocenters. The number of rotatable bonds is 2. The number of aromatic amines is 1. The Balaban J connectivity index is 0.000000612. The number of aromatic hydroxyl groups is 1. The summed E-state index contributed by atoms with van der Waals surface area (Å²) in [5.74, 6) is -0.00533. The zero-order valence-electron chi connectivity index (χ0n) is 10.3. The molecule has 0 aliphatic carbocycles. The topological polar surface area (TPSA) is 72.8 Å². The SMILES string of the molecule is CCNC(=S)N=Nc1c(O)[nH]c2ccccc12.[Cl][Cu][Cl]. The van der Waals surface area contributed by atoms with E-state index in [1.54, 1.807) is 0 Å². The van der Waals surface area contributed by atoms with Crippen LogP contribution in [0.25, 0.3) is 10.9 Å². The molecular formula is C11H12Cl2CuN4OS. The molecular weight excluding hydrogens is 371 g/mol. The first-order valence-electron chi connectivity index (χ1n) is 5.44. The van der Waals surface area contributed by atoms with E-state index in [2.05, 4.69) is 40.7 Å². The predicted molar refractivity (Wildman–Crippen MR) is 82.5 cm³/mol. The van der Waals surface area contributed by atoms with E-state index in [-0.39, 0.29) is 5.88 Å². The van der Waals surface area contributed by atoms with Crippen LogP contribution in [0.3, 0.4) is 0 Å².